The lowest BCUT2D eigenvalue weighted by Gasteiger charge is -2.23. The molecule has 1 saturated heterocycles. The SMILES string of the molecule is c1ccc(OC2CNC(Oc3ccccc3)CNC(Oc3ccccc3)CN2)cc1. The second kappa shape index (κ2) is 10.6. The van der Waals surface area contributed by atoms with Crippen LogP contribution in [0.2, 0.25) is 0 Å². The van der Waals surface area contributed by atoms with Gasteiger partial charge in [-0.2, -0.15) is 0 Å². The predicted octanol–water partition coefficient (Wildman–Crippen LogP) is 2.98. The average molecular weight is 405 g/mol. The van der Waals surface area contributed by atoms with Crippen molar-refractivity contribution in [3.05, 3.63) is 91.0 Å². The van der Waals surface area contributed by atoms with Crippen LogP contribution < -0.4 is 30.2 Å². The molecule has 6 heteroatoms. The zero-order chi connectivity index (χ0) is 20.4. The van der Waals surface area contributed by atoms with Gasteiger partial charge in [0.2, 0.25) is 0 Å². The van der Waals surface area contributed by atoms with Crippen LogP contribution in [0.4, 0.5) is 0 Å². The minimum Gasteiger partial charge on any atom is -0.474 e. The van der Waals surface area contributed by atoms with Gasteiger partial charge in [-0.25, -0.2) is 0 Å². The third-order valence-corrected chi connectivity index (χ3v) is 4.66. The molecule has 1 aliphatic rings. The van der Waals surface area contributed by atoms with Crippen molar-refractivity contribution < 1.29 is 14.2 Å². The van der Waals surface area contributed by atoms with E-state index < -0.39 is 0 Å². The fourth-order valence-electron chi connectivity index (χ4n) is 3.17. The topological polar surface area (TPSA) is 63.8 Å². The van der Waals surface area contributed by atoms with E-state index in [9.17, 15) is 0 Å². The number of ether oxygens (including phenoxy) is 3. The molecule has 1 heterocycles. The summed E-state index contributed by atoms with van der Waals surface area (Å²) in [6.07, 6.45) is -0.719. The van der Waals surface area contributed by atoms with Gasteiger partial charge in [0.25, 0.3) is 0 Å². The molecule has 0 bridgehead atoms. The van der Waals surface area contributed by atoms with Gasteiger partial charge in [-0.3, -0.25) is 16.0 Å². The number of para-hydroxylation sites is 3. The third kappa shape index (κ3) is 6.22. The molecule has 0 spiro atoms. The number of nitrogens with one attached hydrogen (secondary N) is 3. The van der Waals surface area contributed by atoms with E-state index in [0.717, 1.165) is 17.2 Å². The van der Waals surface area contributed by atoms with E-state index in [0.29, 0.717) is 19.6 Å². The van der Waals surface area contributed by atoms with Gasteiger partial charge in [0.05, 0.1) is 0 Å². The van der Waals surface area contributed by atoms with Crippen LogP contribution >= 0.6 is 0 Å². The standard InChI is InChI=1S/C24H27N3O3/c1-4-10-19(11-5-1)28-22-16-26-24(30-21-14-8-3-9-15-21)18-27-23(17-25-22)29-20-12-6-2-7-13-20/h1-15,22-27H,16-18H2. The minimum absolute atomic E-state index is 0.240. The molecule has 0 radical (unpaired) electrons. The van der Waals surface area contributed by atoms with Gasteiger partial charge in [0.15, 0.2) is 18.7 Å². The highest BCUT2D eigenvalue weighted by Crippen LogP contribution is 2.14. The lowest BCUT2D eigenvalue weighted by Crippen LogP contribution is -2.48. The molecule has 30 heavy (non-hydrogen) atoms. The lowest BCUT2D eigenvalue weighted by atomic mass is 10.3. The van der Waals surface area contributed by atoms with Gasteiger partial charge in [-0.1, -0.05) is 54.6 Å². The fourth-order valence-corrected chi connectivity index (χ4v) is 3.17. The Hall–Kier alpha value is -3.06. The summed E-state index contributed by atoms with van der Waals surface area (Å²) in [6, 6.07) is 29.4. The lowest BCUT2D eigenvalue weighted by molar-refractivity contribution is 0.121. The van der Waals surface area contributed by atoms with E-state index in [2.05, 4.69) is 16.0 Å². The van der Waals surface area contributed by atoms with E-state index in [1.54, 1.807) is 0 Å². The summed E-state index contributed by atoms with van der Waals surface area (Å²) in [5.41, 5.74) is 0. The van der Waals surface area contributed by atoms with E-state index in [4.69, 9.17) is 14.2 Å². The van der Waals surface area contributed by atoms with E-state index in [1.165, 1.54) is 0 Å². The van der Waals surface area contributed by atoms with Crippen LogP contribution in [0.15, 0.2) is 91.0 Å². The van der Waals surface area contributed by atoms with Gasteiger partial charge in [0, 0.05) is 19.6 Å². The van der Waals surface area contributed by atoms with Crippen molar-refractivity contribution in [2.45, 2.75) is 18.7 Å². The Labute approximate surface area is 177 Å². The molecule has 4 rings (SSSR count). The molecule has 3 N–H and O–H groups in total. The van der Waals surface area contributed by atoms with E-state index in [1.807, 2.05) is 91.0 Å². The van der Waals surface area contributed by atoms with Crippen molar-refractivity contribution in [1.29, 1.82) is 0 Å². The quantitative estimate of drug-likeness (QED) is 0.586. The smallest absolute Gasteiger partial charge is 0.163 e. The van der Waals surface area contributed by atoms with Crippen molar-refractivity contribution in [3.63, 3.8) is 0 Å². The Kier molecular flexibility index (Phi) is 7.17. The highest BCUT2D eigenvalue weighted by atomic mass is 16.5. The molecular formula is C24H27N3O3. The maximum Gasteiger partial charge on any atom is 0.163 e. The van der Waals surface area contributed by atoms with Crippen molar-refractivity contribution in [1.82, 2.24) is 16.0 Å². The summed E-state index contributed by atoms with van der Waals surface area (Å²) in [5, 5.41) is 10.3. The van der Waals surface area contributed by atoms with Crippen LogP contribution in [0.25, 0.3) is 0 Å². The molecule has 3 unspecified atom stereocenters. The highest BCUT2D eigenvalue weighted by Gasteiger charge is 2.22. The van der Waals surface area contributed by atoms with E-state index in [-0.39, 0.29) is 18.7 Å². The molecule has 1 aliphatic heterocycles. The first-order chi connectivity index (χ1) is 14.8. The molecule has 0 saturated carbocycles. The molecular weight excluding hydrogens is 378 g/mol. The molecule has 1 fully saturated rings. The monoisotopic (exact) mass is 405 g/mol. The number of hydrogen-bond donors (Lipinski definition) is 3. The molecule has 3 aromatic rings. The Bertz CT molecular complexity index is 735. The van der Waals surface area contributed by atoms with Gasteiger partial charge in [-0.05, 0) is 36.4 Å². The summed E-state index contributed by atoms with van der Waals surface area (Å²) in [5.74, 6) is 2.43. The predicted molar refractivity (Wildman–Crippen MR) is 117 cm³/mol. The molecule has 0 aliphatic carbocycles. The van der Waals surface area contributed by atoms with Gasteiger partial charge in [-0.15, -0.1) is 0 Å². The van der Waals surface area contributed by atoms with Crippen LogP contribution in [0.3, 0.4) is 0 Å². The largest absolute Gasteiger partial charge is 0.474 e. The van der Waals surface area contributed by atoms with Crippen LogP contribution in [0.1, 0.15) is 0 Å². The first-order valence-electron chi connectivity index (χ1n) is 10.2. The number of rotatable bonds is 6. The fraction of sp³-hybridized carbons (Fsp3) is 0.250. The van der Waals surface area contributed by atoms with Crippen LogP contribution in [0, 0.1) is 0 Å². The summed E-state index contributed by atoms with van der Waals surface area (Å²) in [7, 11) is 0. The third-order valence-electron chi connectivity index (χ3n) is 4.66. The summed E-state index contributed by atoms with van der Waals surface area (Å²) in [6.45, 7) is 1.73. The first-order valence-corrected chi connectivity index (χ1v) is 10.2. The second-order valence-corrected chi connectivity index (χ2v) is 6.98. The maximum atomic E-state index is 6.13. The summed E-state index contributed by atoms with van der Waals surface area (Å²) < 4.78 is 18.4. The van der Waals surface area contributed by atoms with Crippen molar-refractivity contribution in [2.24, 2.45) is 0 Å². The van der Waals surface area contributed by atoms with Crippen LogP contribution in [0.5, 0.6) is 17.2 Å². The number of benzene rings is 3. The minimum atomic E-state index is -0.240. The Morgan fingerprint density at radius 3 is 0.967 bits per heavy atom. The average Bonchev–Trinajstić information content (AvgIpc) is 2.88. The maximum absolute atomic E-state index is 6.13. The molecule has 3 aromatic carbocycles. The van der Waals surface area contributed by atoms with Crippen LogP contribution in [-0.2, 0) is 0 Å². The molecule has 156 valence electrons. The highest BCUT2D eigenvalue weighted by molar-refractivity contribution is 5.23. The molecule has 0 amide bonds. The zero-order valence-electron chi connectivity index (χ0n) is 16.7. The van der Waals surface area contributed by atoms with Crippen molar-refractivity contribution >= 4 is 0 Å². The van der Waals surface area contributed by atoms with Crippen molar-refractivity contribution in [2.75, 3.05) is 19.6 Å². The Morgan fingerprint density at radius 2 is 0.700 bits per heavy atom. The molecule has 3 atom stereocenters. The molecule has 6 nitrogen and oxygen atoms in total. The van der Waals surface area contributed by atoms with Crippen LogP contribution in [-0.4, -0.2) is 38.3 Å². The van der Waals surface area contributed by atoms with Gasteiger partial charge < -0.3 is 14.2 Å². The first kappa shape index (κ1) is 20.2. The normalized spacial score (nSPS) is 22.2. The van der Waals surface area contributed by atoms with Gasteiger partial charge in [0.1, 0.15) is 17.2 Å². The Morgan fingerprint density at radius 1 is 0.433 bits per heavy atom. The molecule has 0 aromatic heterocycles. The summed E-state index contributed by atoms with van der Waals surface area (Å²) in [4.78, 5) is 0. The Balaban J connectivity index is 1.45. The van der Waals surface area contributed by atoms with Gasteiger partial charge >= 0.3 is 0 Å². The second-order valence-electron chi connectivity index (χ2n) is 6.98. The van der Waals surface area contributed by atoms with Crippen molar-refractivity contribution in [3.8, 4) is 17.2 Å². The zero-order valence-corrected chi connectivity index (χ0v) is 16.7. The summed E-state index contributed by atoms with van der Waals surface area (Å²) >= 11 is 0. The number of hydrogen-bond acceptors (Lipinski definition) is 6. The van der Waals surface area contributed by atoms with E-state index >= 15 is 0 Å².